The Morgan fingerprint density at radius 2 is 2.00 bits per heavy atom. The molecule has 0 heterocycles. The van der Waals surface area contributed by atoms with Gasteiger partial charge in [-0.05, 0) is 18.9 Å². The van der Waals surface area contributed by atoms with Gasteiger partial charge in [0.2, 0.25) is 0 Å². The van der Waals surface area contributed by atoms with E-state index in [2.05, 4.69) is 0 Å². The van der Waals surface area contributed by atoms with Crippen molar-refractivity contribution in [2.75, 3.05) is 13.2 Å². The van der Waals surface area contributed by atoms with Crippen molar-refractivity contribution in [1.82, 2.24) is 5.01 Å². The fourth-order valence-electron chi connectivity index (χ4n) is 1.73. The first-order chi connectivity index (χ1) is 9.04. The van der Waals surface area contributed by atoms with Crippen LogP contribution < -0.4 is 5.84 Å². The molecule has 0 aliphatic heterocycles. The number of nitrogens with zero attached hydrogens (tertiary/aromatic N) is 1. The molecule has 19 heavy (non-hydrogen) atoms. The molecule has 0 saturated carbocycles. The number of carbonyl (C=O) groups is 1. The Balaban J connectivity index is 2.77. The molecule has 1 aromatic carbocycles. The molecule has 0 bridgehead atoms. The second-order valence-corrected chi connectivity index (χ2v) is 4.13. The molecule has 6 heteroatoms. The molecule has 0 fully saturated rings. The largest absolute Gasteiger partial charge is 0.465 e. The molecule has 0 spiro atoms. The number of rotatable bonds is 7. The van der Waals surface area contributed by atoms with E-state index in [-0.39, 0.29) is 13.2 Å². The zero-order valence-corrected chi connectivity index (χ0v) is 10.9. The van der Waals surface area contributed by atoms with Gasteiger partial charge in [0, 0.05) is 0 Å². The Kier molecular flexibility index (Phi) is 6.44. The zero-order chi connectivity index (χ0) is 14.3. The number of carbonyl (C=O) groups excluding carboxylic acids is 1. The standard InChI is InChI=1S/C13H20N2O4/c1-2-19-13(18)11(15(14)9-12(16)17)8-10-6-4-3-5-7-10/h3-7,11-12,16-17H,2,8-9,14H2,1H3/t11-/m0/s1. The summed E-state index contributed by atoms with van der Waals surface area (Å²) < 4.78 is 4.96. The van der Waals surface area contributed by atoms with Crippen LogP contribution in [0.5, 0.6) is 0 Å². The van der Waals surface area contributed by atoms with Crippen LogP contribution in [0.3, 0.4) is 0 Å². The van der Waals surface area contributed by atoms with Crippen LogP contribution in [0.25, 0.3) is 0 Å². The highest BCUT2D eigenvalue weighted by atomic mass is 16.5. The van der Waals surface area contributed by atoms with E-state index in [0.29, 0.717) is 6.42 Å². The summed E-state index contributed by atoms with van der Waals surface area (Å²) in [6.07, 6.45) is -1.25. The lowest BCUT2D eigenvalue weighted by molar-refractivity contribution is -0.152. The lowest BCUT2D eigenvalue weighted by Crippen LogP contribution is -2.51. The summed E-state index contributed by atoms with van der Waals surface area (Å²) in [5.74, 6) is 5.23. The van der Waals surface area contributed by atoms with Gasteiger partial charge in [0.1, 0.15) is 6.04 Å². The maximum atomic E-state index is 11.9. The molecule has 0 aromatic heterocycles. The Hall–Kier alpha value is -1.47. The van der Waals surface area contributed by atoms with Gasteiger partial charge in [-0.15, -0.1) is 0 Å². The summed E-state index contributed by atoms with van der Waals surface area (Å²) in [7, 11) is 0. The monoisotopic (exact) mass is 268 g/mol. The maximum Gasteiger partial charge on any atom is 0.325 e. The van der Waals surface area contributed by atoms with Crippen molar-refractivity contribution in [2.24, 2.45) is 5.84 Å². The van der Waals surface area contributed by atoms with Crippen molar-refractivity contribution in [3.63, 3.8) is 0 Å². The number of benzene rings is 1. The third-order valence-electron chi connectivity index (χ3n) is 2.60. The number of aliphatic hydroxyl groups is 2. The molecule has 0 aliphatic rings. The quantitative estimate of drug-likeness (QED) is 0.271. The number of hydrazine groups is 1. The van der Waals surface area contributed by atoms with Crippen molar-refractivity contribution >= 4 is 5.97 Å². The number of ether oxygens (including phenoxy) is 1. The average molecular weight is 268 g/mol. The first-order valence-corrected chi connectivity index (χ1v) is 6.12. The molecule has 0 amide bonds. The summed E-state index contributed by atoms with van der Waals surface area (Å²) in [6.45, 7) is 1.73. The van der Waals surface area contributed by atoms with E-state index in [1.807, 2.05) is 30.3 Å². The summed E-state index contributed by atoms with van der Waals surface area (Å²) in [6, 6.07) is 8.59. The van der Waals surface area contributed by atoms with Gasteiger partial charge in [-0.2, -0.15) is 0 Å². The molecule has 0 radical (unpaired) electrons. The van der Waals surface area contributed by atoms with Crippen molar-refractivity contribution in [3.8, 4) is 0 Å². The van der Waals surface area contributed by atoms with Crippen LogP contribution in [-0.2, 0) is 16.0 Å². The van der Waals surface area contributed by atoms with Gasteiger partial charge in [-0.25, -0.2) is 5.01 Å². The zero-order valence-electron chi connectivity index (χ0n) is 10.9. The Bertz CT molecular complexity index is 383. The van der Waals surface area contributed by atoms with Crippen LogP contribution in [0.15, 0.2) is 30.3 Å². The van der Waals surface area contributed by atoms with E-state index in [0.717, 1.165) is 10.6 Å². The fourth-order valence-corrected chi connectivity index (χ4v) is 1.73. The van der Waals surface area contributed by atoms with Crippen LogP contribution in [0.4, 0.5) is 0 Å². The lowest BCUT2D eigenvalue weighted by Gasteiger charge is -2.26. The van der Waals surface area contributed by atoms with Gasteiger partial charge >= 0.3 is 5.97 Å². The third-order valence-corrected chi connectivity index (χ3v) is 2.60. The first kappa shape index (κ1) is 15.6. The van der Waals surface area contributed by atoms with Gasteiger partial charge in [0.05, 0.1) is 13.2 Å². The topological polar surface area (TPSA) is 96.0 Å². The van der Waals surface area contributed by atoms with Gasteiger partial charge in [-0.1, -0.05) is 30.3 Å². The minimum atomic E-state index is -1.60. The maximum absolute atomic E-state index is 11.9. The number of esters is 1. The average Bonchev–Trinajstić information content (AvgIpc) is 2.36. The Morgan fingerprint density at radius 1 is 1.37 bits per heavy atom. The van der Waals surface area contributed by atoms with Crippen molar-refractivity contribution in [3.05, 3.63) is 35.9 Å². The predicted molar refractivity (Wildman–Crippen MR) is 69.7 cm³/mol. The van der Waals surface area contributed by atoms with E-state index in [9.17, 15) is 4.79 Å². The SMILES string of the molecule is CCOC(=O)[C@H](Cc1ccccc1)N(N)CC(O)O. The van der Waals surface area contributed by atoms with Crippen molar-refractivity contribution < 1.29 is 19.7 Å². The minimum absolute atomic E-state index is 0.226. The summed E-state index contributed by atoms with van der Waals surface area (Å²) >= 11 is 0. The van der Waals surface area contributed by atoms with Crippen LogP contribution in [0, 0.1) is 0 Å². The Labute approximate surface area is 112 Å². The van der Waals surface area contributed by atoms with E-state index >= 15 is 0 Å². The molecule has 1 rings (SSSR count). The van der Waals surface area contributed by atoms with E-state index in [4.69, 9.17) is 20.8 Å². The van der Waals surface area contributed by atoms with Crippen LogP contribution in [0.1, 0.15) is 12.5 Å². The minimum Gasteiger partial charge on any atom is -0.465 e. The second kappa shape index (κ2) is 7.85. The molecule has 6 nitrogen and oxygen atoms in total. The molecule has 1 atom stereocenters. The number of hydrogen-bond acceptors (Lipinski definition) is 6. The molecule has 1 aromatic rings. The smallest absolute Gasteiger partial charge is 0.325 e. The van der Waals surface area contributed by atoms with Crippen molar-refractivity contribution in [1.29, 1.82) is 0 Å². The van der Waals surface area contributed by atoms with Crippen LogP contribution >= 0.6 is 0 Å². The summed E-state index contributed by atoms with van der Waals surface area (Å²) in [5, 5.41) is 19.0. The van der Waals surface area contributed by atoms with Crippen molar-refractivity contribution in [2.45, 2.75) is 25.7 Å². The van der Waals surface area contributed by atoms with E-state index in [1.54, 1.807) is 6.92 Å². The summed E-state index contributed by atoms with van der Waals surface area (Å²) in [4.78, 5) is 11.9. The molecule has 0 saturated heterocycles. The molecule has 0 unspecified atom stereocenters. The predicted octanol–water partition coefficient (Wildman–Crippen LogP) is -0.353. The highest BCUT2D eigenvalue weighted by molar-refractivity contribution is 5.76. The number of hydrogen-bond donors (Lipinski definition) is 3. The normalized spacial score (nSPS) is 12.7. The molecular weight excluding hydrogens is 248 g/mol. The highest BCUT2D eigenvalue weighted by Crippen LogP contribution is 2.09. The molecular formula is C13H20N2O4. The van der Waals surface area contributed by atoms with Gasteiger partial charge in [0.15, 0.2) is 6.29 Å². The molecule has 0 aliphatic carbocycles. The van der Waals surface area contributed by atoms with Gasteiger partial charge in [0.25, 0.3) is 0 Å². The fraction of sp³-hybridized carbons (Fsp3) is 0.462. The van der Waals surface area contributed by atoms with E-state index < -0.39 is 18.3 Å². The Morgan fingerprint density at radius 3 is 2.53 bits per heavy atom. The second-order valence-electron chi connectivity index (χ2n) is 4.13. The lowest BCUT2D eigenvalue weighted by atomic mass is 10.1. The van der Waals surface area contributed by atoms with Gasteiger partial charge < -0.3 is 14.9 Å². The highest BCUT2D eigenvalue weighted by Gasteiger charge is 2.26. The number of nitrogens with two attached hydrogens (primary N) is 1. The number of aliphatic hydroxyl groups excluding tert-OH is 1. The van der Waals surface area contributed by atoms with Crippen LogP contribution in [-0.4, -0.2) is 46.7 Å². The third kappa shape index (κ3) is 5.35. The van der Waals surface area contributed by atoms with Crippen LogP contribution in [0.2, 0.25) is 0 Å². The van der Waals surface area contributed by atoms with E-state index in [1.165, 1.54) is 0 Å². The summed E-state index contributed by atoms with van der Waals surface area (Å²) in [5.41, 5.74) is 0.920. The molecule has 106 valence electrons. The molecule has 4 N–H and O–H groups in total. The first-order valence-electron chi connectivity index (χ1n) is 6.12. The van der Waals surface area contributed by atoms with Gasteiger partial charge in [-0.3, -0.25) is 10.6 Å².